The van der Waals surface area contributed by atoms with Gasteiger partial charge >= 0.3 is 0 Å². The molecule has 0 aliphatic heterocycles. The highest BCUT2D eigenvalue weighted by atomic mass is 32.2. The lowest BCUT2D eigenvalue weighted by Crippen LogP contribution is -2.30. The number of nitrogens with one attached hydrogen (secondary N) is 2. The molecule has 7 heteroatoms. The van der Waals surface area contributed by atoms with Crippen LogP contribution in [0.15, 0.2) is 58.3 Å². The molecule has 0 atom stereocenters. The number of hydrogen-bond donors (Lipinski definition) is 2. The molecule has 6 nitrogen and oxygen atoms in total. The molecule has 4 rings (SSSR count). The van der Waals surface area contributed by atoms with Gasteiger partial charge in [-0.3, -0.25) is 9.59 Å². The van der Waals surface area contributed by atoms with Crippen molar-refractivity contribution >= 4 is 23.6 Å². The summed E-state index contributed by atoms with van der Waals surface area (Å²) in [6.07, 6.45) is 4.28. The summed E-state index contributed by atoms with van der Waals surface area (Å²) < 4.78 is 11.0. The van der Waals surface area contributed by atoms with E-state index in [0.29, 0.717) is 23.6 Å². The molecule has 2 aromatic carbocycles. The molecule has 0 saturated heterocycles. The summed E-state index contributed by atoms with van der Waals surface area (Å²) >= 11 is 1.62. The molecule has 0 unspecified atom stereocenters. The number of carbonyl (C=O) groups is 2. The van der Waals surface area contributed by atoms with Gasteiger partial charge in [0.15, 0.2) is 13.2 Å². The second-order valence-corrected chi connectivity index (χ2v) is 8.45. The molecule has 0 bridgehead atoms. The Kier molecular flexibility index (Phi) is 6.24. The third-order valence-electron chi connectivity index (χ3n) is 4.51. The van der Waals surface area contributed by atoms with Crippen LogP contribution in [-0.2, 0) is 9.59 Å². The van der Waals surface area contributed by atoms with Crippen LogP contribution < -0.4 is 20.1 Å². The van der Waals surface area contributed by atoms with E-state index in [1.54, 1.807) is 11.8 Å². The molecule has 2 aromatic rings. The second kappa shape index (κ2) is 9.22. The molecule has 0 spiro atoms. The fourth-order valence-corrected chi connectivity index (χ4v) is 3.45. The van der Waals surface area contributed by atoms with Gasteiger partial charge in [-0.1, -0.05) is 11.8 Å². The monoisotopic (exact) mass is 412 g/mol. The first kappa shape index (κ1) is 19.6. The summed E-state index contributed by atoms with van der Waals surface area (Å²) in [5.74, 6) is 1.21. The number of rotatable bonds is 10. The van der Waals surface area contributed by atoms with Crippen LogP contribution >= 0.6 is 11.8 Å². The van der Waals surface area contributed by atoms with E-state index in [1.165, 1.54) is 0 Å². The van der Waals surface area contributed by atoms with E-state index in [4.69, 9.17) is 9.47 Å². The molecule has 152 valence electrons. The van der Waals surface area contributed by atoms with E-state index < -0.39 is 0 Å². The summed E-state index contributed by atoms with van der Waals surface area (Å²) in [6.45, 7) is 0.0895. The highest BCUT2D eigenvalue weighted by molar-refractivity contribution is 7.99. The second-order valence-electron chi connectivity index (χ2n) is 7.31. The van der Waals surface area contributed by atoms with Crippen LogP contribution in [0.2, 0.25) is 0 Å². The number of carbonyl (C=O) groups excluding carboxylic acids is 2. The summed E-state index contributed by atoms with van der Waals surface area (Å²) in [5.41, 5.74) is 0. The van der Waals surface area contributed by atoms with Gasteiger partial charge in [-0.15, -0.1) is 0 Å². The van der Waals surface area contributed by atoms with Gasteiger partial charge in [0, 0.05) is 21.9 Å². The van der Waals surface area contributed by atoms with Gasteiger partial charge in [-0.05, 0) is 74.2 Å². The van der Waals surface area contributed by atoms with E-state index in [-0.39, 0.29) is 25.0 Å². The Labute approximate surface area is 174 Å². The van der Waals surface area contributed by atoms with Crippen LogP contribution in [0.3, 0.4) is 0 Å². The van der Waals surface area contributed by atoms with Crippen molar-refractivity contribution in [3.05, 3.63) is 48.5 Å². The molecular formula is C22H24N2O4S. The zero-order valence-electron chi connectivity index (χ0n) is 16.1. The van der Waals surface area contributed by atoms with Gasteiger partial charge in [0.25, 0.3) is 11.8 Å². The lowest BCUT2D eigenvalue weighted by Gasteiger charge is -2.09. The molecule has 2 aliphatic carbocycles. The highest BCUT2D eigenvalue weighted by Gasteiger charge is 2.23. The van der Waals surface area contributed by atoms with Crippen LogP contribution in [-0.4, -0.2) is 37.1 Å². The van der Waals surface area contributed by atoms with Crippen LogP contribution in [0.4, 0.5) is 0 Å². The lowest BCUT2D eigenvalue weighted by molar-refractivity contribution is -0.124. The maximum Gasteiger partial charge on any atom is 0.258 e. The van der Waals surface area contributed by atoms with Crippen molar-refractivity contribution in [2.45, 2.75) is 47.6 Å². The normalized spacial score (nSPS) is 15.4. The minimum Gasteiger partial charge on any atom is -0.484 e. The topological polar surface area (TPSA) is 76.7 Å². The van der Waals surface area contributed by atoms with Gasteiger partial charge in [0.1, 0.15) is 11.5 Å². The Balaban J connectivity index is 1.20. The summed E-state index contributed by atoms with van der Waals surface area (Å²) in [7, 11) is 0. The lowest BCUT2D eigenvalue weighted by atomic mass is 10.3. The Morgan fingerprint density at radius 3 is 1.45 bits per heavy atom. The van der Waals surface area contributed by atoms with Crippen molar-refractivity contribution < 1.29 is 19.1 Å². The van der Waals surface area contributed by atoms with E-state index in [0.717, 1.165) is 35.5 Å². The molecule has 0 radical (unpaired) electrons. The van der Waals surface area contributed by atoms with Crippen LogP contribution in [0.25, 0.3) is 0 Å². The molecular weight excluding hydrogens is 388 g/mol. The van der Waals surface area contributed by atoms with E-state index >= 15 is 0 Å². The first-order valence-electron chi connectivity index (χ1n) is 9.86. The molecule has 2 fully saturated rings. The summed E-state index contributed by atoms with van der Waals surface area (Å²) in [6, 6.07) is 16.0. The quantitative estimate of drug-likeness (QED) is 0.627. The Hall–Kier alpha value is -2.67. The van der Waals surface area contributed by atoms with Gasteiger partial charge in [-0.25, -0.2) is 0 Å². The van der Waals surface area contributed by atoms with Gasteiger partial charge in [0.2, 0.25) is 0 Å². The molecule has 2 saturated carbocycles. The van der Waals surface area contributed by atoms with Gasteiger partial charge in [0.05, 0.1) is 0 Å². The van der Waals surface area contributed by atoms with Gasteiger partial charge in [-0.2, -0.15) is 0 Å². The summed E-state index contributed by atoms with van der Waals surface area (Å²) in [5, 5.41) is 5.80. The highest BCUT2D eigenvalue weighted by Crippen LogP contribution is 2.30. The predicted molar refractivity (Wildman–Crippen MR) is 110 cm³/mol. The molecule has 2 aliphatic rings. The minimum atomic E-state index is -0.0710. The number of benzene rings is 2. The zero-order valence-corrected chi connectivity index (χ0v) is 16.9. The number of ether oxygens (including phenoxy) is 2. The van der Waals surface area contributed by atoms with Crippen molar-refractivity contribution in [1.82, 2.24) is 10.6 Å². The maximum atomic E-state index is 11.7. The fraction of sp³-hybridized carbons (Fsp3) is 0.364. The van der Waals surface area contributed by atoms with E-state index in [2.05, 4.69) is 10.6 Å². The smallest absolute Gasteiger partial charge is 0.258 e. The van der Waals surface area contributed by atoms with Crippen LogP contribution in [0.5, 0.6) is 11.5 Å². The number of amides is 2. The molecule has 29 heavy (non-hydrogen) atoms. The van der Waals surface area contributed by atoms with Crippen LogP contribution in [0.1, 0.15) is 25.7 Å². The van der Waals surface area contributed by atoms with E-state index in [1.807, 2.05) is 48.5 Å². The first-order valence-corrected chi connectivity index (χ1v) is 10.7. The fourth-order valence-electron chi connectivity index (χ4n) is 2.64. The van der Waals surface area contributed by atoms with Gasteiger partial charge < -0.3 is 20.1 Å². The van der Waals surface area contributed by atoms with E-state index in [9.17, 15) is 9.59 Å². The minimum absolute atomic E-state index is 0.0448. The largest absolute Gasteiger partial charge is 0.484 e. The average Bonchev–Trinajstić information content (AvgIpc) is 3.65. The Morgan fingerprint density at radius 1 is 0.724 bits per heavy atom. The van der Waals surface area contributed by atoms with Crippen molar-refractivity contribution in [3.63, 3.8) is 0 Å². The molecule has 2 amide bonds. The predicted octanol–water partition coefficient (Wildman–Crippen LogP) is 3.15. The maximum absolute atomic E-state index is 11.7. The first-order chi connectivity index (χ1) is 14.1. The Morgan fingerprint density at radius 2 is 1.10 bits per heavy atom. The summed E-state index contributed by atoms with van der Waals surface area (Å²) in [4.78, 5) is 25.5. The van der Waals surface area contributed by atoms with Crippen molar-refractivity contribution in [3.8, 4) is 11.5 Å². The zero-order chi connectivity index (χ0) is 20.1. The van der Waals surface area contributed by atoms with Crippen molar-refractivity contribution in [2.75, 3.05) is 13.2 Å². The third-order valence-corrected chi connectivity index (χ3v) is 5.52. The van der Waals surface area contributed by atoms with Crippen molar-refractivity contribution in [1.29, 1.82) is 0 Å². The molecule has 0 aromatic heterocycles. The standard InChI is InChI=1S/C22H24N2O4S/c25-21(23-15-1-2-15)13-27-17-5-9-19(10-6-17)29-20-11-7-18(8-12-20)28-14-22(26)24-16-3-4-16/h5-12,15-16H,1-4,13-14H2,(H,23,25)(H,24,26). The molecule has 2 N–H and O–H groups in total. The SMILES string of the molecule is O=C(COc1ccc(Sc2ccc(OCC(=O)NC3CC3)cc2)cc1)NC1CC1. The number of hydrogen-bond acceptors (Lipinski definition) is 5. The molecule has 0 heterocycles. The third kappa shape index (κ3) is 6.71. The van der Waals surface area contributed by atoms with Crippen molar-refractivity contribution in [2.24, 2.45) is 0 Å². The Bertz CT molecular complexity index is 775. The van der Waals surface area contributed by atoms with Crippen LogP contribution in [0, 0.1) is 0 Å². The average molecular weight is 413 g/mol.